The number of nitrogens with zero attached hydrogens (tertiary/aromatic N) is 1. The van der Waals surface area contributed by atoms with Crippen LogP contribution in [0.4, 0.5) is 5.69 Å². The van der Waals surface area contributed by atoms with Gasteiger partial charge in [0.05, 0.1) is 17.8 Å². The van der Waals surface area contributed by atoms with Gasteiger partial charge >= 0.3 is 0 Å². The van der Waals surface area contributed by atoms with E-state index in [1.807, 2.05) is 25.1 Å². The molecule has 0 aliphatic carbocycles. The molecule has 0 amide bonds. The number of hydrogen-bond donors (Lipinski definition) is 1. The number of benzene rings is 1. The van der Waals surface area contributed by atoms with Crippen LogP contribution < -0.4 is 5.32 Å². The Hall–Kier alpha value is -1.93. The van der Waals surface area contributed by atoms with Crippen molar-refractivity contribution in [3.63, 3.8) is 0 Å². The van der Waals surface area contributed by atoms with Crippen LogP contribution in [0.5, 0.6) is 0 Å². The van der Waals surface area contributed by atoms with Gasteiger partial charge in [-0.05, 0) is 31.5 Å². The van der Waals surface area contributed by atoms with E-state index >= 15 is 0 Å². The summed E-state index contributed by atoms with van der Waals surface area (Å²) in [6.07, 6.45) is 0. The lowest BCUT2D eigenvalue weighted by molar-refractivity contribution is 1.33. The Morgan fingerprint density at radius 3 is 2.86 bits per heavy atom. The fraction of sp³-hybridized carbons (Fsp3) is 0.250. The van der Waals surface area contributed by atoms with Crippen molar-refractivity contribution >= 4 is 5.69 Å². The summed E-state index contributed by atoms with van der Waals surface area (Å²) in [6.45, 7) is 4.34. The fourth-order valence-electron chi connectivity index (χ4n) is 1.13. The minimum Gasteiger partial charge on any atom is -0.373 e. The monoisotopic (exact) mass is 184 g/mol. The first-order valence-electron chi connectivity index (χ1n) is 4.42. The summed E-state index contributed by atoms with van der Waals surface area (Å²) >= 11 is 0. The summed E-state index contributed by atoms with van der Waals surface area (Å²) in [5, 5.41) is 12.0. The molecule has 0 aliphatic heterocycles. The largest absolute Gasteiger partial charge is 0.373 e. The van der Waals surface area contributed by atoms with E-state index in [4.69, 9.17) is 5.26 Å². The van der Waals surface area contributed by atoms with Crippen molar-refractivity contribution in [2.45, 2.75) is 13.8 Å². The van der Waals surface area contributed by atoms with Gasteiger partial charge in [0.2, 0.25) is 0 Å². The molecule has 70 valence electrons. The summed E-state index contributed by atoms with van der Waals surface area (Å²) in [7, 11) is 0. The number of nitriles is 1. The predicted molar refractivity (Wildman–Crippen MR) is 57.8 cm³/mol. The van der Waals surface area contributed by atoms with E-state index in [0.717, 1.165) is 11.3 Å². The number of rotatable bonds is 2. The van der Waals surface area contributed by atoms with Crippen LogP contribution >= 0.6 is 0 Å². The van der Waals surface area contributed by atoms with Gasteiger partial charge in [0.25, 0.3) is 0 Å². The second kappa shape index (κ2) is 4.94. The Balaban J connectivity index is 2.85. The van der Waals surface area contributed by atoms with Gasteiger partial charge in [-0.3, -0.25) is 0 Å². The van der Waals surface area contributed by atoms with E-state index < -0.39 is 0 Å². The molecule has 0 saturated heterocycles. The smallest absolute Gasteiger partial charge is 0.101 e. The third-order valence-electron chi connectivity index (χ3n) is 1.84. The highest BCUT2D eigenvalue weighted by Crippen LogP contribution is 2.15. The first-order chi connectivity index (χ1) is 6.77. The number of nitrogens with one attached hydrogen (secondary N) is 1. The molecule has 0 aromatic heterocycles. The molecule has 0 fully saturated rings. The maximum absolute atomic E-state index is 8.87. The van der Waals surface area contributed by atoms with Crippen LogP contribution in [0, 0.1) is 30.1 Å². The summed E-state index contributed by atoms with van der Waals surface area (Å²) in [5.41, 5.74) is 2.61. The normalized spacial score (nSPS) is 8.36. The van der Waals surface area contributed by atoms with Crippen molar-refractivity contribution < 1.29 is 0 Å². The maximum Gasteiger partial charge on any atom is 0.101 e. The van der Waals surface area contributed by atoms with E-state index in [0.29, 0.717) is 12.1 Å². The van der Waals surface area contributed by atoms with Gasteiger partial charge in [0.1, 0.15) is 6.07 Å². The van der Waals surface area contributed by atoms with E-state index in [1.54, 1.807) is 6.92 Å². The third-order valence-corrected chi connectivity index (χ3v) is 1.84. The predicted octanol–water partition coefficient (Wildman–Crippen LogP) is 2.30. The van der Waals surface area contributed by atoms with Crippen molar-refractivity contribution in [1.82, 2.24) is 0 Å². The van der Waals surface area contributed by atoms with Crippen molar-refractivity contribution in [2.75, 3.05) is 11.9 Å². The van der Waals surface area contributed by atoms with Crippen LogP contribution in [0.3, 0.4) is 0 Å². The van der Waals surface area contributed by atoms with Crippen LogP contribution in [0.25, 0.3) is 0 Å². The number of aryl methyl sites for hydroxylation is 1. The lowest BCUT2D eigenvalue weighted by Gasteiger charge is -2.05. The molecule has 1 aromatic rings. The average Bonchev–Trinajstić information content (AvgIpc) is 2.20. The second-order valence-corrected chi connectivity index (χ2v) is 2.94. The number of hydrogen-bond acceptors (Lipinski definition) is 2. The lowest BCUT2D eigenvalue weighted by Crippen LogP contribution is -2.00. The minimum absolute atomic E-state index is 0.578. The molecule has 0 atom stereocenters. The molecule has 0 unspecified atom stereocenters. The molecule has 0 saturated carbocycles. The summed E-state index contributed by atoms with van der Waals surface area (Å²) < 4.78 is 0. The van der Waals surface area contributed by atoms with E-state index in [1.165, 1.54) is 0 Å². The molecule has 1 aromatic carbocycles. The molecule has 0 aliphatic rings. The average molecular weight is 184 g/mol. The first kappa shape index (κ1) is 10.2. The Kier molecular flexibility index (Phi) is 3.58. The molecular weight excluding hydrogens is 172 g/mol. The molecule has 0 spiro atoms. The molecule has 1 N–H and O–H groups in total. The molecule has 1 rings (SSSR count). The highest BCUT2D eigenvalue weighted by molar-refractivity contribution is 5.58. The Morgan fingerprint density at radius 1 is 1.43 bits per heavy atom. The first-order valence-corrected chi connectivity index (χ1v) is 4.42. The van der Waals surface area contributed by atoms with Crippen molar-refractivity contribution in [3.05, 3.63) is 29.3 Å². The summed E-state index contributed by atoms with van der Waals surface area (Å²) in [5.74, 6) is 5.68. The number of anilines is 1. The molecule has 0 heterocycles. The zero-order valence-electron chi connectivity index (χ0n) is 8.39. The second-order valence-electron chi connectivity index (χ2n) is 2.94. The molecule has 2 heteroatoms. The van der Waals surface area contributed by atoms with Crippen LogP contribution in [0.1, 0.15) is 18.1 Å². The Labute approximate surface area is 84.6 Å². The van der Waals surface area contributed by atoms with Crippen molar-refractivity contribution in [2.24, 2.45) is 0 Å². The zero-order valence-corrected chi connectivity index (χ0v) is 8.39. The highest BCUT2D eigenvalue weighted by Gasteiger charge is 1.99. The van der Waals surface area contributed by atoms with Crippen LogP contribution in [-0.2, 0) is 0 Å². The van der Waals surface area contributed by atoms with E-state index in [9.17, 15) is 0 Å². The van der Waals surface area contributed by atoms with Crippen LogP contribution in [-0.4, -0.2) is 6.54 Å². The van der Waals surface area contributed by atoms with Gasteiger partial charge in [-0.15, -0.1) is 5.92 Å². The fourth-order valence-corrected chi connectivity index (χ4v) is 1.13. The highest BCUT2D eigenvalue weighted by atomic mass is 14.9. The van der Waals surface area contributed by atoms with Crippen LogP contribution in [0.15, 0.2) is 18.2 Å². The van der Waals surface area contributed by atoms with Gasteiger partial charge in [0, 0.05) is 0 Å². The van der Waals surface area contributed by atoms with E-state index in [-0.39, 0.29) is 0 Å². The SMILES string of the molecule is CC#CCNc1ccc(C)cc1C#N. The maximum atomic E-state index is 8.87. The molecule has 2 nitrogen and oxygen atoms in total. The third kappa shape index (κ3) is 2.54. The van der Waals surface area contributed by atoms with Gasteiger partial charge in [-0.2, -0.15) is 5.26 Å². The summed E-state index contributed by atoms with van der Waals surface area (Å²) in [6, 6.07) is 7.90. The van der Waals surface area contributed by atoms with Gasteiger partial charge < -0.3 is 5.32 Å². The van der Waals surface area contributed by atoms with Crippen molar-refractivity contribution in [3.8, 4) is 17.9 Å². The molecule has 0 radical (unpaired) electrons. The Morgan fingerprint density at radius 2 is 2.21 bits per heavy atom. The quantitative estimate of drug-likeness (QED) is 0.716. The minimum atomic E-state index is 0.578. The van der Waals surface area contributed by atoms with Gasteiger partial charge in [-0.25, -0.2) is 0 Å². The summed E-state index contributed by atoms with van der Waals surface area (Å²) in [4.78, 5) is 0. The van der Waals surface area contributed by atoms with Gasteiger partial charge in [0.15, 0.2) is 0 Å². The zero-order chi connectivity index (χ0) is 10.4. The standard InChI is InChI=1S/C12H12N2/c1-3-4-7-14-12-6-5-10(2)8-11(12)9-13/h5-6,8,14H,7H2,1-2H3. The molecule has 0 bridgehead atoms. The Bertz CT molecular complexity index is 416. The van der Waals surface area contributed by atoms with Crippen molar-refractivity contribution in [1.29, 1.82) is 5.26 Å². The van der Waals surface area contributed by atoms with Gasteiger partial charge in [-0.1, -0.05) is 12.0 Å². The topological polar surface area (TPSA) is 35.8 Å². The molecular formula is C12H12N2. The lowest BCUT2D eigenvalue weighted by atomic mass is 10.1. The van der Waals surface area contributed by atoms with E-state index in [2.05, 4.69) is 23.2 Å². The van der Waals surface area contributed by atoms with Crippen LogP contribution in [0.2, 0.25) is 0 Å². The molecule has 14 heavy (non-hydrogen) atoms.